The number of ether oxygens (including phenoxy) is 2. The zero-order chi connectivity index (χ0) is 23.6. The average molecular weight is 445 g/mol. The van der Waals surface area contributed by atoms with Gasteiger partial charge >= 0.3 is 5.97 Å². The molecule has 0 saturated heterocycles. The number of carbonyl (C=O) groups is 2. The number of nitrogens with one attached hydrogen (secondary N) is 1. The lowest BCUT2D eigenvalue weighted by Crippen LogP contribution is -2.33. The lowest BCUT2D eigenvalue weighted by Gasteiger charge is -2.36. The molecule has 3 N–H and O–H groups in total. The first-order valence-corrected chi connectivity index (χ1v) is 11.0. The molecule has 2 aliphatic heterocycles. The first kappa shape index (κ1) is 22.6. The summed E-state index contributed by atoms with van der Waals surface area (Å²) in [5.41, 5.74) is 9.64. The van der Waals surface area contributed by atoms with Gasteiger partial charge in [-0.3, -0.25) is 4.79 Å². The van der Waals surface area contributed by atoms with Crippen LogP contribution in [0.2, 0.25) is 0 Å². The Kier molecular flexibility index (Phi) is 6.20. The Morgan fingerprint density at radius 3 is 2.12 bits per heavy atom. The van der Waals surface area contributed by atoms with Gasteiger partial charge in [0.15, 0.2) is 5.60 Å². The minimum Gasteiger partial charge on any atom is -0.456 e. The second kappa shape index (κ2) is 9.08. The maximum absolute atomic E-state index is 12.6. The maximum Gasteiger partial charge on any atom is 0.340 e. The molecule has 170 valence electrons. The van der Waals surface area contributed by atoms with Gasteiger partial charge in [0, 0.05) is 30.2 Å². The molecule has 1 spiro atoms. The third-order valence-electron chi connectivity index (χ3n) is 5.78. The number of hydrogen-bond donors (Lipinski definition) is 2. The van der Waals surface area contributed by atoms with E-state index in [1.807, 2.05) is 74.5 Å². The fourth-order valence-corrected chi connectivity index (χ4v) is 4.26. The lowest BCUT2D eigenvalue weighted by atomic mass is 9.77. The minimum atomic E-state index is -0.946. The Bertz CT molecular complexity index is 1170. The molecule has 0 atom stereocenters. The van der Waals surface area contributed by atoms with Gasteiger partial charge in [-0.15, -0.1) is 0 Å². The summed E-state index contributed by atoms with van der Waals surface area (Å²) in [6.07, 6.45) is 0.861. The van der Waals surface area contributed by atoms with Crippen molar-refractivity contribution in [2.45, 2.75) is 32.8 Å². The van der Waals surface area contributed by atoms with Crippen molar-refractivity contribution in [1.29, 1.82) is 0 Å². The third kappa shape index (κ3) is 4.10. The van der Waals surface area contributed by atoms with Gasteiger partial charge in [-0.25, -0.2) is 4.79 Å². The highest BCUT2D eigenvalue weighted by Gasteiger charge is 2.53. The maximum atomic E-state index is 12.6. The SMILES string of the molecule is CC(=O)NCCCN.Cc1ccc2c(c1)Oc1cc(C)ccc1C21OC(=O)c2ccccc21. The predicted molar refractivity (Wildman–Crippen MR) is 127 cm³/mol. The molecule has 0 bridgehead atoms. The Balaban J connectivity index is 0.000000281. The van der Waals surface area contributed by atoms with Crippen molar-refractivity contribution in [3.63, 3.8) is 0 Å². The van der Waals surface area contributed by atoms with Crippen LogP contribution in [0, 0.1) is 13.8 Å². The van der Waals surface area contributed by atoms with Crippen LogP contribution in [0.3, 0.4) is 0 Å². The standard InChI is InChI=1S/C22H16O3.C5H12N2O/c1-13-7-9-17-19(11-13)24-20-12-14(2)8-10-18(20)22(17)16-6-4-3-5-15(16)21(23)25-22;1-5(8)7-4-2-3-6/h3-12H,1-2H3;2-4,6H2,1H3,(H,7,8). The summed E-state index contributed by atoms with van der Waals surface area (Å²) in [7, 11) is 0. The first-order valence-electron chi connectivity index (χ1n) is 11.0. The fraction of sp³-hybridized carbons (Fsp3) is 0.259. The molecular weight excluding hydrogens is 416 g/mol. The lowest BCUT2D eigenvalue weighted by molar-refractivity contribution is -0.118. The average Bonchev–Trinajstić information content (AvgIpc) is 3.07. The van der Waals surface area contributed by atoms with E-state index < -0.39 is 5.60 Å². The highest BCUT2D eigenvalue weighted by Crippen LogP contribution is 2.56. The molecule has 0 aromatic heterocycles. The van der Waals surface area contributed by atoms with Crippen molar-refractivity contribution < 1.29 is 19.1 Å². The number of esters is 1. The van der Waals surface area contributed by atoms with E-state index in [4.69, 9.17) is 15.2 Å². The second-order valence-corrected chi connectivity index (χ2v) is 8.34. The van der Waals surface area contributed by atoms with Crippen LogP contribution in [0.5, 0.6) is 11.5 Å². The van der Waals surface area contributed by atoms with E-state index >= 15 is 0 Å². The van der Waals surface area contributed by atoms with Crippen molar-refractivity contribution in [3.05, 3.63) is 94.0 Å². The summed E-state index contributed by atoms with van der Waals surface area (Å²) in [6.45, 7) is 6.88. The summed E-state index contributed by atoms with van der Waals surface area (Å²) in [5.74, 6) is 1.19. The minimum absolute atomic E-state index is 0.0125. The number of rotatable bonds is 3. The van der Waals surface area contributed by atoms with Crippen LogP contribution < -0.4 is 15.8 Å². The quantitative estimate of drug-likeness (QED) is 0.463. The molecular formula is C27H28N2O4. The van der Waals surface area contributed by atoms with E-state index in [2.05, 4.69) is 5.32 Å². The molecule has 33 heavy (non-hydrogen) atoms. The fourth-order valence-electron chi connectivity index (χ4n) is 4.26. The summed E-state index contributed by atoms with van der Waals surface area (Å²) in [5, 5.41) is 2.63. The van der Waals surface area contributed by atoms with Crippen LogP contribution >= 0.6 is 0 Å². The molecule has 6 nitrogen and oxygen atoms in total. The molecule has 3 aromatic rings. The van der Waals surface area contributed by atoms with Gasteiger partial charge in [0.05, 0.1) is 5.56 Å². The van der Waals surface area contributed by atoms with Crippen molar-refractivity contribution in [2.24, 2.45) is 5.73 Å². The van der Waals surface area contributed by atoms with Gasteiger partial charge in [0.2, 0.25) is 5.91 Å². The molecule has 6 heteroatoms. The molecule has 0 saturated carbocycles. The molecule has 0 radical (unpaired) electrons. The van der Waals surface area contributed by atoms with Crippen LogP contribution in [0.1, 0.15) is 51.5 Å². The number of carbonyl (C=O) groups excluding carboxylic acids is 2. The summed E-state index contributed by atoms with van der Waals surface area (Å²) < 4.78 is 12.3. The van der Waals surface area contributed by atoms with E-state index in [9.17, 15) is 9.59 Å². The molecule has 2 aliphatic rings. The Hall–Kier alpha value is -3.64. The zero-order valence-electron chi connectivity index (χ0n) is 19.1. The van der Waals surface area contributed by atoms with E-state index in [0.717, 1.165) is 45.7 Å². The van der Waals surface area contributed by atoms with Crippen LogP contribution in [-0.2, 0) is 15.1 Å². The van der Waals surface area contributed by atoms with Crippen LogP contribution in [-0.4, -0.2) is 25.0 Å². The van der Waals surface area contributed by atoms with E-state index in [0.29, 0.717) is 18.7 Å². The Morgan fingerprint density at radius 2 is 1.55 bits per heavy atom. The van der Waals surface area contributed by atoms with Gasteiger partial charge in [0.25, 0.3) is 0 Å². The molecule has 3 aromatic carbocycles. The number of fused-ring (bicyclic) bond motifs is 6. The van der Waals surface area contributed by atoms with Crippen LogP contribution in [0.25, 0.3) is 0 Å². The largest absolute Gasteiger partial charge is 0.456 e. The van der Waals surface area contributed by atoms with Gasteiger partial charge in [-0.2, -0.15) is 0 Å². The van der Waals surface area contributed by atoms with Crippen LogP contribution in [0.4, 0.5) is 0 Å². The molecule has 0 unspecified atom stereocenters. The third-order valence-corrected chi connectivity index (χ3v) is 5.78. The van der Waals surface area contributed by atoms with Crippen molar-refractivity contribution in [3.8, 4) is 11.5 Å². The highest BCUT2D eigenvalue weighted by atomic mass is 16.6. The predicted octanol–water partition coefficient (Wildman–Crippen LogP) is 4.34. The Labute approximate surface area is 193 Å². The van der Waals surface area contributed by atoms with E-state index in [1.165, 1.54) is 6.92 Å². The van der Waals surface area contributed by atoms with Gasteiger partial charge in [-0.05, 0) is 56.1 Å². The topological polar surface area (TPSA) is 90.7 Å². The smallest absolute Gasteiger partial charge is 0.340 e. The van der Waals surface area contributed by atoms with Crippen molar-refractivity contribution in [2.75, 3.05) is 13.1 Å². The number of benzene rings is 3. The number of aryl methyl sites for hydroxylation is 2. The first-order chi connectivity index (χ1) is 15.9. The van der Waals surface area contributed by atoms with Gasteiger partial charge in [0.1, 0.15) is 11.5 Å². The Morgan fingerprint density at radius 1 is 0.939 bits per heavy atom. The monoisotopic (exact) mass is 444 g/mol. The summed E-state index contributed by atoms with van der Waals surface area (Å²) in [4.78, 5) is 22.8. The molecule has 5 rings (SSSR count). The van der Waals surface area contributed by atoms with Crippen LogP contribution in [0.15, 0.2) is 60.7 Å². The highest BCUT2D eigenvalue weighted by molar-refractivity contribution is 5.97. The number of hydrogen-bond acceptors (Lipinski definition) is 5. The molecule has 0 aliphatic carbocycles. The van der Waals surface area contributed by atoms with Crippen molar-refractivity contribution in [1.82, 2.24) is 5.32 Å². The molecule has 1 amide bonds. The normalized spacial score (nSPS) is 14.1. The summed E-state index contributed by atoms with van der Waals surface area (Å²) >= 11 is 0. The van der Waals surface area contributed by atoms with E-state index in [-0.39, 0.29) is 11.9 Å². The summed E-state index contributed by atoms with van der Waals surface area (Å²) in [6, 6.07) is 19.7. The van der Waals surface area contributed by atoms with E-state index in [1.54, 1.807) is 0 Å². The molecule has 0 fully saturated rings. The number of nitrogens with two attached hydrogens (primary N) is 1. The van der Waals surface area contributed by atoms with Gasteiger partial charge in [-0.1, -0.05) is 42.5 Å². The molecule has 2 heterocycles. The number of amides is 1. The zero-order valence-corrected chi connectivity index (χ0v) is 19.1. The van der Waals surface area contributed by atoms with Gasteiger partial charge < -0.3 is 20.5 Å². The second-order valence-electron chi connectivity index (χ2n) is 8.34. The van der Waals surface area contributed by atoms with Crippen molar-refractivity contribution >= 4 is 11.9 Å².